The van der Waals surface area contributed by atoms with Crippen molar-refractivity contribution in [3.63, 3.8) is 0 Å². The van der Waals surface area contributed by atoms with E-state index in [0.29, 0.717) is 6.54 Å². The Bertz CT molecular complexity index is 378. The number of carbonyl (C=O) groups is 2. The molecule has 0 aromatic heterocycles. The van der Waals surface area contributed by atoms with Gasteiger partial charge >= 0.3 is 6.03 Å². The number of urea groups is 1. The van der Waals surface area contributed by atoms with Gasteiger partial charge in [0.25, 0.3) is 5.91 Å². The van der Waals surface area contributed by atoms with Crippen LogP contribution in [-0.4, -0.2) is 24.5 Å². The van der Waals surface area contributed by atoms with E-state index in [1.165, 1.54) is 0 Å². The topological polar surface area (TPSA) is 70.2 Å². The fourth-order valence-electron chi connectivity index (χ4n) is 1.38. The highest BCUT2D eigenvalue weighted by atomic mass is 16.2. The molecule has 1 unspecified atom stereocenters. The summed E-state index contributed by atoms with van der Waals surface area (Å²) in [5.74, 6) is -0.288. The van der Waals surface area contributed by atoms with Crippen LogP contribution in [0.4, 0.5) is 10.5 Å². The molecule has 1 aromatic rings. The van der Waals surface area contributed by atoms with E-state index in [1.54, 1.807) is 0 Å². The van der Waals surface area contributed by atoms with Gasteiger partial charge in [0.2, 0.25) is 0 Å². The fourth-order valence-corrected chi connectivity index (χ4v) is 1.38. The molecule has 1 aliphatic rings. The lowest BCUT2D eigenvalue weighted by molar-refractivity contribution is -0.119. The van der Waals surface area contributed by atoms with Crippen molar-refractivity contribution in [3.8, 4) is 0 Å². The summed E-state index contributed by atoms with van der Waals surface area (Å²) in [6, 6.07) is 8.58. The molecule has 78 valence electrons. The van der Waals surface area contributed by atoms with Gasteiger partial charge in [-0.25, -0.2) is 4.79 Å². The summed E-state index contributed by atoms with van der Waals surface area (Å²) in [6.07, 6.45) is 0. The number of nitrogens with one attached hydrogen (secondary N) is 3. The second-order valence-corrected chi connectivity index (χ2v) is 3.26. The Kier molecular flexibility index (Phi) is 2.53. The highest BCUT2D eigenvalue weighted by molar-refractivity contribution is 6.04. The van der Waals surface area contributed by atoms with Gasteiger partial charge in [0.15, 0.2) is 0 Å². The minimum absolute atomic E-state index is 0.288. The molecule has 1 aromatic carbocycles. The minimum Gasteiger partial charge on any atom is -0.382 e. The van der Waals surface area contributed by atoms with Crippen molar-refractivity contribution in [1.82, 2.24) is 10.6 Å². The Morgan fingerprint density at radius 3 is 2.53 bits per heavy atom. The molecule has 1 heterocycles. The third-order valence-electron chi connectivity index (χ3n) is 2.14. The number of amides is 3. The first kappa shape index (κ1) is 9.51. The summed E-state index contributed by atoms with van der Waals surface area (Å²) in [7, 11) is 0. The highest BCUT2D eigenvalue weighted by Gasteiger charge is 2.28. The minimum atomic E-state index is -0.488. The van der Waals surface area contributed by atoms with Gasteiger partial charge in [0, 0.05) is 12.2 Å². The molecule has 0 spiro atoms. The Balaban J connectivity index is 1.89. The van der Waals surface area contributed by atoms with Crippen LogP contribution in [0.15, 0.2) is 30.3 Å². The number of hydrogen-bond donors (Lipinski definition) is 3. The Hall–Kier alpha value is -2.04. The molecule has 5 heteroatoms. The van der Waals surface area contributed by atoms with Crippen molar-refractivity contribution in [3.05, 3.63) is 30.3 Å². The lowest BCUT2D eigenvalue weighted by atomic mass is 10.2. The van der Waals surface area contributed by atoms with Gasteiger partial charge in [-0.05, 0) is 12.1 Å². The van der Waals surface area contributed by atoms with Gasteiger partial charge in [0.05, 0.1) is 0 Å². The first-order valence-corrected chi connectivity index (χ1v) is 4.66. The van der Waals surface area contributed by atoms with Crippen molar-refractivity contribution >= 4 is 17.6 Å². The average molecular weight is 205 g/mol. The SMILES string of the molecule is O=C1NC(=O)C(CNc2ccccc2)N1. The molecule has 1 atom stereocenters. The normalized spacial score (nSPS) is 19.6. The van der Waals surface area contributed by atoms with E-state index in [-0.39, 0.29) is 5.91 Å². The van der Waals surface area contributed by atoms with E-state index in [9.17, 15) is 9.59 Å². The van der Waals surface area contributed by atoms with Gasteiger partial charge in [-0.3, -0.25) is 10.1 Å². The van der Waals surface area contributed by atoms with Crippen LogP contribution in [-0.2, 0) is 4.79 Å². The molecule has 1 saturated heterocycles. The van der Waals surface area contributed by atoms with Gasteiger partial charge in [-0.2, -0.15) is 0 Å². The molecule has 3 amide bonds. The van der Waals surface area contributed by atoms with E-state index >= 15 is 0 Å². The molecule has 3 N–H and O–H groups in total. The molecule has 15 heavy (non-hydrogen) atoms. The highest BCUT2D eigenvalue weighted by Crippen LogP contribution is 2.05. The number of hydrogen-bond acceptors (Lipinski definition) is 3. The molecule has 5 nitrogen and oxygen atoms in total. The van der Waals surface area contributed by atoms with Crippen LogP contribution < -0.4 is 16.0 Å². The molecular formula is C10H11N3O2. The van der Waals surface area contributed by atoms with Crippen molar-refractivity contribution in [2.45, 2.75) is 6.04 Å². The standard InChI is InChI=1S/C10H11N3O2/c14-9-8(12-10(15)13-9)6-11-7-4-2-1-3-5-7/h1-5,8,11H,6H2,(H2,12,13,14,15). The predicted octanol–water partition coefficient (Wildman–Crippen LogP) is 0.306. The number of para-hydroxylation sites is 1. The summed E-state index contributed by atoms with van der Waals surface area (Å²) in [5.41, 5.74) is 0.923. The van der Waals surface area contributed by atoms with E-state index in [0.717, 1.165) is 5.69 Å². The summed E-state index contributed by atoms with van der Waals surface area (Å²) < 4.78 is 0. The Morgan fingerprint density at radius 1 is 1.20 bits per heavy atom. The zero-order valence-corrected chi connectivity index (χ0v) is 7.99. The van der Waals surface area contributed by atoms with Crippen LogP contribution in [0, 0.1) is 0 Å². The van der Waals surface area contributed by atoms with E-state index in [2.05, 4.69) is 16.0 Å². The monoisotopic (exact) mass is 205 g/mol. The predicted molar refractivity (Wildman–Crippen MR) is 55.4 cm³/mol. The van der Waals surface area contributed by atoms with Crippen LogP contribution in [0.5, 0.6) is 0 Å². The summed E-state index contributed by atoms with van der Waals surface area (Å²) in [4.78, 5) is 22.0. The second-order valence-electron chi connectivity index (χ2n) is 3.26. The van der Waals surface area contributed by atoms with Gasteiger partial charge in [0.1, 0.15) is 6.04 Å². The lowest BCUT2D eigenvalue weighted by Crippen LogP contribution is -2.35. The number of imide groups is 1. The van der Waals surface area contributed by atoms with Gasteiger partial charge in [-0.1, -0.05) is 18.2 Å². The third kappa shape index (κ3) is 2.25. The number of benzene rings is 1. The molecule has 1 aliphatic heterocycles. The quantitative estimate of drug-likeness (QED) is 0.622. The van der Waals surface area contributed by atoms with Crippen molar-refractivity contribution in [2.24, 2.45) is 0 Å². The van der Waals surface area contributed by atoms with E-state index in [4.69, 9.17) is 0 Å². The average Bonchev–Trinajstić information content (AvgIpc) is 2.56. The van der Waals surface area contributed by atoms with Crippen LogP contribution in [0.3, 0.4) is 0 Å². The molecule has 0 radical (unpaired) electrons. The van der Waals surface area contributed by atoms with Crippen LogP contribution in [0.2, 0.25) is 0 Å². The first-order valence-electron chi connectivity index (χ1n) is 4.66. The van der Waals surface area contributed by atoms with Gasteiger partial charge < -0.3 is 10.6 Å². The lowest BCUT2D eigenvalue weighted by Gasteiger charge is -2.09. The van der Waals surface area contributed by atoms with Crippen LogP contribution in [0.25, 0.3) is 0 Å². The number of rotatable bonds is 3. The van der Waals surface area contributed by atoms with Crippen molar-refractivity contribution in [2.75, 3.05) is 11.9 Å². The molecule has 0 saturated carbocycles. The van der Waals surface area contributed by atoms with Crippen LogP contribution in [0.1, 0.15) is 0 Å². The Labute approximate surface area is 86.9 Å². The summed E-state index contributed by atoms with van der Waals surface area (Å²) in [5, 5.41) is 7.75. The molecule has 0 aliphatic carbocycles. The smallest absolute Gasteiger partial charge is 0.322 e. The zero-order chi connectivity index (χ0) is 10.7. The Morgan fingerprint density at radius 2 is 1.93 bits per heavy atom. The largest absolute Gasteiger partial charge is 0.382 e. The molecule has 0 bridgehead atoms. The second kappa shape index (κ2) is 4.00. The van der Waals surface area contributed by atoms with Crippen molar-refractivity contribution in [1.29, 1.82) is 0 Å². The maximum absolute atomic E-state index is 11.2. The van der Waals surface area contributed by atoms with Gasteiger partial charge in [-0.15, -0.1) is 0 Å². The summed E-state index contributed by atoms with van der Waals surface area (Å²) in [6.45, 7) is 0.390. The number of anilines is 1. The fraction of sp³-hybridized carbons (Fsp3) is 0.200. The maximum Gasteiger partial charge on any atom is 0.322 e. The maximum atomic E-state index is 11.2. The molecule has 1 fully saturated rings. The first-order chi connectivity index (χ1) is 7.25. The molecule has 2 rings (SSSR count). The van der Waals surface area contributed by atoms with Crippen LogP contribution >= 0.6 is 0 Å². The molecular weight excluding hydrogens is 194 g/mol. The van der Waals surface area contributed by atoms with E-state index < -0.39 is 12.1 Å². The summed E-state index contributed by atoms with van der Waals surface area (Å²) >= 11 is 0. The van der Waals surface area contributed by atoms with Crippen molar-refractivity contribution < 1.29 is 9.59 Å². The van der Waals surface area contributed by atoms with E-state index in [1.807, 2.05) is 30.3 Å². The zero-order valence-electron chi connectivity index (χ0n) is 7.99. The third-order valence-corrected chi connectivity index (χ3v) is 2.14. The number of carbonyl (C=O) groups excluding carboxylic acids is 2.